The van der Waals surface area contributed by atoms with Gasteiger partial charge in [0.05, 0.1) is 10.6 Å². The Bertz CT molecular complexity index is 649. The van der Waals surface area contributed by atoms with Crippen LogP contribution in [0.3, 0.4) is 0 Å². The fraction of sp³-hybridized carbons (Fsp3) is 0.143. The molecule has 2 aromatic rings. The number of nitro benzene ring substituents is 1. The van der Waals surface area contributed by atoms with E-state index in [2.05, 4.69) is 10.7 Å². The van der Waals surface area contributed by atoms with Crippen molar-refractivity contribution in [1.82, 2.24) is 0 Å². The van der Waals surface area contributed by atoms with Crippen LogP contribution >= 0.6 is 0 Å². The van der Waals surface area contributed by atoms with Crippen LogP contribution in [0.15, 0.2) is 42.5 Å². The van der Waals surface area contributed by atoms with Crippen molar-refractivity contribution >= 4 is 17.1 Å². The Labute approximate surface area is 120 Å². The highest BCUT2D eigenvalue weighted by atomic mass is 19.1. The Kier molecular flexibility index (Phi) is 4.68. The number of hydrazine groups is 1. The maximum absolute atomic E-state index is 13.5. The van der Waals surface area contributed by atoms with E-state index in [-0.39, 0.29) is 11.5 Å². The second kappa shape index (κ2) is 6.67. The average molecular weight is 290 g/mol. The lowest BCUT2D eigenvalue weighted by molar-refractivity contribution is -0.384. The van der Waals surface area contributed by atoms with E-state index in [4.69, 9.17) is 5.84 Å². The van der Waals surface area contributed by atoms with Gasteiger partial charge in [0.2, 0.25) is 0 Å². The number of nitrogen functional groups attached to an aromatic ring is 1. The second-order valence-electron chi connectivity index (χ2n) is 4.44. The van der Waals surface area contributed by atoms with Crippen LogP contribution in [0.5, 0.6) is 0 Å². The zero-order chi connectivity index (χ0) is 15.2. The van der Waals surface area contributed by atoms with Gasteiger partial charge in [-0.15, -0.1) is 0 Å². The van der Waals surface area contributed by atoms with Crippen LogP contribution in [0, 0.1) is 15.9 Å². The van der Waals surface area contributed by atoms with Crippen LogP contribution in [0.1, 0.15) is 5.56 Å². The van der Waals surface area contributed by atoms with Crippen LogP contribution in [0.4, 0.5) is 21.5 Å². The first-order valence-corrected chi connectivity index (χ1v) is 6.33. The van der Waals surface area contributed by atoms with Gasteiger partial charge >= 0.3 is 0 Å². The molecule has 0 amide bonds. The highest BCUT2D eigenvalue weighted by Gasteiger charge is 2.09. The molecular formula is C14H15FN4O2. The molecule has 0 bridgehead atoms. The van der Waals surface area contributed by atoms with E-state index in [0.29, 0.717) is 29.9 Å². The Morgan fingerprint density at radius 2 is 1.90 bits per heavy atom. The summed E-state index contributed by atoms with van der Waals surface area (Å²) in [6.07, 6.45) is 0.473. The molecule has 7 heteroatoms. The van der Waals surface area contributed by atoms with E-state index in [1.165, 1.54) is 18.2 Å². The molecule has 0 atom stereocenters. The third-order valence-corrected chi connectivity index (χ3v) is 2.98. The van der Waals surface area contributed by atoms with Gasteiger partial charge in [0.1, 0.15) is 5.82 Å². The lowest BCUT2D eigenvalue weighted by Gasteiger charge is -2.09. The van der Waals surface area contributed by atoms with Crippen molar-refractivity contribution in [3.8, 4) is 0 Å². The summed E-state index contributed by atoms with van der Waals surface area (Å²) in [5.41, 5.74) is 3.87. The number of anilines is 2. The minimum Gasteiger partial charge on any atom is -0.384 e. The predicted octanol–water partition coefficient (Wildman–Crippen LogP) is 2.67. The Hall–Kier alpha value is -2.67. The zero-order valence-electron chi connectivity index (χ0n) is 11.2. The number of hydrogen-bond donors (Lipinski definition) is 3. The Morgan fingerprint density at radius 3 is 2.57 bits per heavy atom. The van der Waals surface area contributed by atoms with Crippen molar-refractivity contribution in [1.29, 1.82) is 0 Å². The van der Waals surface area contributed by atoms with Crippen molar-refractivity contribution in [2.75, 3.05) is 17.3 Å². The molecule has 0 aliphatic rings. The first kappa shape index (κ1) is 14.7. The van der Waals surface area contributed by atoms with E-state index in [1.807, 2.05) is 0 Å². The molecular weight excluding hydrogens is 275 g/mol. The summed E-state index contributed by atoms with van der Waals surface area (Å²) in [7, 11) is 0. The maximum atomic E-state index is 13.5. The third kappa shape index (κ3) is 3.90. The van der Waals surface area contributed by atoms with Crippen molar-refractivity contribution in [2.24, 2.45) is 5.84 Å². The lowest BCUT2D eigenvalue weighted by Crippen LogP contribution is -2.09. The van der Waals surface area contributed by atoms with Crippen molar-refractivity contribution < 1.29 is 9.31 Å². The molecule has 0 heterocycles. The van der Waals surface area contributed by atoms with Gasteiger partial charge in [0, 0.05) is 24.4 Å². The van der Waals surface area contributed by atoms with E-state index in [1.54, 1.807) is 24.3 Å². The fourth-order valence-electron chi connectivity index (χ4n) is 1.94. The quantitative estimate of drug-likeness (QED) is 0.432. The van der Waals surface area contributed by atoms with Crippen molar-refractivity contribution in [2.45, 2.75) is 6.42 Å². The number of nitrogens with two attached hydrogens (primary N) is 1. The number of halogens is 1. The van der Waals surface area contributed by atoms with Gasteiger partial charge in [-0.05, 0) is 24.1 Å². The molecule has 0 saturated heterocycles. The molecule has 6 nitrogen and oxygen atoms in total. The molecule has 0 unspecified atom stereocenters. The van der Waals surface area contributed by atoms with Crippen LogP contribution in [-0.2, 0) is 6.42 Å². The number of nitro groups is 1. The van der Waals surface area contributed by atoms with Crippen molar-refractivity contribution in [3.63, 3.8) is 0 Å². The minimum absolute atomic E-state index is 0.0705. The number of benzene rings is 2. The SMILES string of the molecule is NNc1cc(NCCc2ccccc2F)cc([N+](=O)[O-])c1. The van der Waals surface area contributed by atoms with Gasteiger partial charge in [-0.2, -0.15) is 0 Å². The Morgan fingerprint density at radius 1 is 1.19 bits per heavy atom. The van der Waals surface area contributed by atoms with Gasteiger partial charge in [-0.3, -0.25) is 16.0 Å². The van der Waals surface area contributed by atoms with Gasteiger partial charge < -0.3 is 10.7 Å². The molecule has 0 aliphatic heterocycles. The highest BCUT2D eigenvalue weighted by Crippen LogP contribution is 2.23. The van der Waals surface area contributed by atoms with Crippen molar-refractivity contribution in [3.05, 3.63) is 64.0 Å². The largest absolute Gasteiger partial charge is 0.384 e. The number of hydrogen-bond acceptors (Lipinski definition) is 5. The van der Waals surface area contributed by atoms with Gasteiger partial charge in [-0.25, -0.2) is 4.39 Å². The second-order valence-corrected chi connectivity index (χ2v) is 4.44. The van der Waals surface area contributed by atoms with Gasteiger partial charge in [0.25, 0.3) is 5.69 Å². The average Bonchev–Trinajstić information content (AvgIpc) is 2.49. The standard InChI is InChI=1S/C14H15FN4O2/c15-14-4-2-1-3-10(14)5-6-17-11-7-12(18-16)9-13(8-11)19(20)21/h1-4,7-9,17-18H,5-6,16H2. The first-order chi connectivity index (χ1) is 10.1. The predicted molar refractivity (Wildman–Crippen MR) is 79.5 cm³/mol. The summed E-state index contributed by atoms with van der Waals surface area (Å²) in [5, 5.41) is 13.8. The summed E-state index contributed by atoms with van der Waals surface area (Å²) in [6, 6.07) is 10.9. The van der Waals surface area contributed by atoms with E-state index < -0.39 is 4.92 Å². The van der Waals surface area contributed by atoms with E-state index in [0.717, 1.165) is 0 Å². The topological polar surface area (TPSA) is 93.2 Å². The van der Waals surface area contributed by atoms with E-state index in [9.17, 15) is 14.5 Å². The summed E-state index contributed by atoms with van der Waals surface area (Å²) >= 11 is 0. The highest BCUT2D eigenvalue weighted by molar-refractivity contribution is 5.63. The number of nitrogens with zero attached hydrogens (tertiary/aromatic N) is 1. The molecule has 0 fully saturated rings. The molecule has 110 valence electrons. The summed E-state index contributed by atoms with van der Waals surface area (Å²) < 4.78 is 13.5. The summed E-state index contributed by atoms with van der Waals surface area (Å²) in [5.74, 6) is 5.02. The van der Waals surface area contributed by atoms with Gasteiger partial charge in [-0.1, -0.05) is 18.2 Å². The number of non-ortho nitro benzene ring substituents is 1. The van der Waals surface area contributed by atoms with Crippen LogP contribution in [0.2, 0.25) is 0 Å². The molecule has 0 spiro atoms. The third-order valence-electron chi connectivity index (χ3n) is 2.98. The molecule has 21 heavy (non-hydrogen) atoms. The van der Waals surface area contributed by atoms with Gasteiger partial charge in [0.15, 0.2) is 0 Å². The van der Waals surface area contributed by atoms with E-state index >= 15 is 0 Å². The summed E-state index contributed by atoms with van der Waals surface area (Å²) in [4.78, 5) is 10.3. The molecule has 0 aromatic heterocycles. The molecule has 0 radical (unpaired) electrons. The number of rotatable bonds is 6. The van der Waals surface area contributed by atoms with Crippen LogP contribution in [-0.4, -0.2) is 11.5 Å². The Balaban J connectivity index is 2.04. The first-order valence-electron chi connectivity index (χ1n) is 6.33. The number of nitrogens with one attached hydrogen (secondary N) is 2. The summed E-state index contributed by atoms with van der Waals surface area (Å²) in [6.45, 7) is 0.451. The van der Waals surface area contributed by atoms with Crippen LogP contribution < -0.4 is 16.6 Å². The lowest BCUT2D eigenvalue weighted by atomic mass is 10.1. The minimum atomic E-state index is -0.497. The zero-order valence-corrected chi connectivity index (χ0v) is 11.2. The molecule has 0 saturated carbocycles. The molecule has 2 aromatic carbocycles. The fourth-order valence-corrected chi connectivity index (χ4v) is 1.94. The molecule has 4 N–H and O–H groups in total. The smallest absolute Gasteiger partial charge is 0.273 e. The normalized spacial score (nSPS) is 10.2. The maximum Gasteiger partial charge on any atom is 0.273 e. The molecule has 2 rings (SSSR count). The molecule has 0 aliphatic carbocycles. The van der Waals surface area contributed by atoms with Crippen LogP contribution in [0.25, 0.3) is 0 Å². The monoisotopic (exact) mass is 290 g/mol.